The predicted molar refractivity (Wildman–Crippen MR) is 111 cm³/mol. The highest BCUT2D eigenvalue weighted by Gasteiger charge is 2.14. The number of halogens is 1. The third-order valence-corrected chi connectivity index (χ3v) is 4.27. The first-order valence-corrected chi connectivity index (χ1v) is 9.00. The van der Waals surface area contributed by atoms with E-state index >= 15 is 0 Å². The Balaban J connectivity index is 1.78. The minimum atomic E-state index is -0.327. The van der Waals surface area contributed by atoms with Crippen LogP contribution in [0.1, 0.15) is 26.3 Å². The molecule has 0 aliphatic carbocycles. The van der Waals surface area contributed by atoms with Gasteiger partial charge in [-0.05, 0) is 54.1 Å². The van der Waals surface area contributed by atoms with Gasteiger partial charge in [-0.25, -0.2) is 0 Å². The van der Waals surface area contributed by atoms with Gasteiger partial charge in [0.05, 0.1) is 17.9 Å². The molecule has 0 bridgehead atoms. The van der Waals surface area contributed by atoms with Gasteiger partial charge in [0.1, 0.15) is 0 Å². The van der Waals surface area contributed by atoms with E-state index in [1.54, 1.807) is 73.8 Å². The maximum Gasteiger partial charge on any atom is 0.257 e. The van der Waals surface area contributed by atoms with Crippen molar-refractivity contribution in [3.05, 3.63) is 94.5 Å². The molecule has 0 saturated heterocycles. The van der Waals surface area contributed by atoms with Crippen LogP contribution < -0.4 is 10.6 Å². The highest BCUT2D eigenvalue weighted by atomic mass is 35.5. The van der Waals surface area contributed by atoms with Gasteiger partial charge in [0.25, 0.3) is 11.8 Å². The Labute approximate surface area is 168 Å². The van der Waals surface area contributed by atoms with Gasteiger partial charge in [-0.3, -0.25) is 9.59 Å². The lowest BCUT2D eigenvalue weighted by Gasteiger charge is -2.12. The molecule has 6 heteroatoms. The molecule has 5 nitrogen and oxygen atoms in total. The van der Waals surface area contributed by atoms with Crippen molar-refractivity contribution < 1.29 is 14.3 Å². The van der Waals surface area contributed by atoms with Crippen LogP contribution in [-0.2, 0) is 11.3 Å². The molecule has 0 heterocycles. The topological polar surface area (TPSA) is 67.4 Å². The van der Waals surface area contributed by atoms with Crippen molar-refractivity contribution in [1.82, 2.24) is 0 Å². The van der Waals surface area contributed by atoms with Gasteiger partial charge in [0.2, 0.25) is 0 Å². The average molecular weight is 395 g/mol. The Bertz CT molecular complexity index is 987. The number of carbonyl (C=O) groups is 2. The van der Waals surface area contributed by atoms with Gasteiger partial charge < -0.3 is 15.4 Å². The van der Waals surface area contributed by atoms with E-state index in [2.05, 4.69) is 10.6 Å². The number of nitrogens with one attached hydrogen (secondary N) is 2. The number of amides is 2. The molecule has 0 unspecified atom stereocenters. The second kappa shape index (κ2) is 9.17. The van der Waals surface area contributed by atoms with Crippen molar-refractivity contribution in [1.29, 1.82) is 0 Å². The SMILES string of the molecule is COCc1cccc(C(=O)Nc2ccccc2C(=O)Nc2ccc(Cl)cc2)c1. The summed E-state index contributed by atoms with van der Waals surface area (Å²) in [4.78, 5) is 25.3. The zero-order chi connectivity index (χ0) is 19.9. The van der Waals surface area contributed by atoms with Gasteiger partial charge >= 0.3 is 0 Å². The highest BCUT2D eigenvalue weighted by Crippen LogP contribution is 2.20. The fourth-order valence-corrected chi connectivity index (χ4v) is 2.81. The second-order valence-corrected chi connectivity index (χ2v) is 6.53. The number of benzene rings is 3. The van der Waals surface area contributed by atoms with Crippen LogP contribution in [0.25, 0.3) is 0 Å². The lowest BCUT2D eigenvalue weighted by atomic mass is 10.1. The first kappa shape index (κ1) is 19.6. The molecule has 3 aromatic carbocycles. The van der Waals surface area contributed by atoms with E-state index in [4.69, 9.17) is 16.3 Å². The van der Waals surface area contributed by atoms with Crippen LogP contribution in [-0.4, -0.2) is 18.9 Å². The number of hydrogen-bond donors (Lipinski definition) is 2. The summed E-state index contributed by atoms with van der Waals surface area (Å²) < 4.78 is 5.10. The molecule has 2 N–H and O–H groups in total. The summed E-state index contributed by atoms with van der Waals surface area (Å²) in [7, 11) is 1.60. The number of rotatable bonds is 6. The summed E-state index contributed by atoms with van der Waals surface area (Å²) in [5.41, 5.74) is 2.78. The lowest BCUT2D eigenvalue weighted by Crippen LogP contribution is -2.18. The van der Waals surface area contributed by atoms with Crippen LogP contribution in [0.2, 0.25) is 5.02 Å². The molecule has 0 radical (unpaired) electrons. The number of carbonyl (C=O) groups excluding carboxylic acids is 2. The molecule has 0 aliphatic heterocycles. The van der Waals surface area contributed by atoms with Gasteiger partial charge in [-0.1, -0.05) is 35.9 Å². The van der Waals surface area contributed by atoms with Crippen LogP contribution in [0, 0.1) is 0 Å². The number of ether oxygens (including phenoxy) is 1. The van der Waals surface area contributed by atoms with E-state index in [0.717, 1.165) is 5.56 Å². The smallest absolute Gasteiger partial charge is 0.257 e. The van der Waals surface area contributed by atoms with Crippen molar-refractivity contribution >= 4 is 34.8 Å². The summed E-state index contributed by atoms with van der Waals surface area (Å²) in [5.74, 6) is -0.629. The standard InChI is InChI=1S/C22H19ClN2O3/c1-28-14-15-5-4-6-16(13-15)21(26)25-20-8-3-2-7-19(20)22(27)24-18-11-9-17(23)10-12-18/h2-13H,14H2,1H3,(H,24,27)(H,25,26). The molecular weight excluding hydrogens is 376 g/mol. The molecule has 3 aromatic rings. The van der Waals surface area contributed by atoms with E-state index in [1.165, 1.54) is 0 Å². The molecule has 0 atom stereocenters. The van der Waals surface area contributed by atoms with Crippen molar-refractivity contribution in [3.8, 4) is 0 Å². The highest BCUT2D eigenvalue weighted by molar-refractivity contribution is 6.30. The van der Waals surface area contributed by atoms with E-state index in [9.17, 15) is 9.59 Å². The molecule has 0 aromatic heterocycles. The summed E-state index contributed by atoms with van der Waals surface area (Å²) in [6.07, 6.45) is 0. The van der Waals surface area contributed by atoms with Crippen LogP contribution in [0.3, 0.4) is 0 Å². The molecule has 0 spiro atoms. The number of para-hydroxylation sites is 1. The normalized spacial score (nSPS) is 10.4. The van der Waals surface area contributed by atoms with Gasteiger partial charge in [-0.2, -0.15) is 0 Å². The van der Waals surface area contributed by atoms with Crippen molar-refractivity contribution in [2.24, 2.45) is 0 Å². The minimum absolute atomic E-state index is 0.301. The Morgan fingerprint density at radius 2 is 1.64 bits per heavy atom. The zero-order valence-electron chi connectivity index (χ0n) is 15.2. The zero-order valence-corrected chi connectivity index (χ0v) is 16.0. The summed E-state index contributed by atoms with van der Waals surface area (Å²) >= 11 is 5.87. The monoisotopic (exact) mass is 394 g/mol. The third-order valence-electron chi connectivity index (χ3n) is 4.02. The molecule has 3 rings (SSSR count). The quantitative estimate of drug-likeness (QED) is 0.618. The van der Waals surface area contributed by atoms with E-state index in [-0.39, 0.29) is 11.8 Å². The molecular formula is C22H19ClN2O3. The molecule has 142 valence electrons. The Hall–Kier alpha value is -3.15. The van der Waals surface area contributed by atoms with Crippen molar-refractivity contribution in [2.45, 2.75) is 6.61 Å². The molecule has 2 amide bonds. The van der Waals surface area contributed by atoms with Gasteiger partial charge in [0, 0.05) is 23.4 Å². The second-order valence-electron chi connectivity index (χ2n) is 6.09. The van der Waals surface area contributed by atoms with E-state index in [0.29, 0.717) is 34.1 Å². The first-order chi connectivity index (χ1) is 13.6. The fraction of sp³-hybridized carbons (Fsp3) is 0.0909. The predicted octanol–water partition coefficient (Wildman–Crippen LogP) is 4.99. The van der Waals surface area contributed by atoms with Crippen LogP contribution in [0.15, 0.2) is 72.8 Å². The van der Waals surface area contributed by atoms with Crippen LogP contribution >= 0.6 is 11.6 Å². The third kappa shape index (κ3) is 4.97. The number of methoxy groups -OCH3 is 1. The van der Waals surface area contributed by atoms with Gasteiger partial charge in [0.15, 0.2) is 0 Å². The fourth-order valence-electron chi connectivity index (χ4n) is 2.69. The van der Waals surface area contributed by atoms with Crippen LogP contribution in [0.4, 0.5) is 11.4 Å². The van der Waals surface area contributed by atoms with Gasteiger partial charge in [-0.15, -0.1) is 0 Å². The minimum Gasteiger partial charge on any atom is -0.380 e. The van der Waals surface area contributed by atoms with Crippen LogP contribution in [0.5, 0.6) is 0 Å². The summed E-state index contributed by atoms with van der Waals surface area (Å²) in [5, 5.41) is 6.19. The Morgan fingerprint density at radius 3 is 2.39 bits per heavy atom. The molecule has 0 saturated carbocycles. The molecule has 28 heavy (non-hydrogen) atoms. The maximum atomic E-state index is 12.7. The summed E-state index contributed by atoms with van der Waals surface area (Å²) in [6.45, 7) is 0.418. The maximum absolute atomic E-state index is 12.7. The summed E-state index contributed by atoms with van der Waals surface area (Å²) in [6, 6.07) is 20.8. The average Bonchev–Trinajstić information content (AvgIpc) is 2.70. The number of anilines is 2. The number of hydrogen-bond acceptors (Lipinski definition) is 3. The molecule has 0 fully saturated rings. The van der Waals surface area contributed by atoms with E-state index < -0.39 is 0 Å². The van der Waals surface area contributed by atoms with Crippen molar-refractivity contribution in [2.75, 3.05) is 17.7 Å². The van der Waals surface area contributed by atoms with E-state index in [1.807, 2.05) is 6.07 Å². The van der Waals surface area contributed by atoms with Crippen molar-refractivity contribution in [3.63, 3.8) is 0 Å². The first-order valence-electron chi connectivity index (χ1n) is 8.62. The molecule has 0 aliphatic rings. The lowest BCUT2D eigenvalue weighted by molar-refractivity contribution is 0.102. The largest absolute Gasteiger partial charge is 0.380 e. The Morgan fingerprint density at radius 1 is 0.893 bits per heavy atom. The Kier molecular flexibility index (Phi) is 6.42.